The number of hydrogen-bond acceptors (Lipinski definition) is 8. The molecule has 0 saturated carbocycles. The van der Waals surface area contributed by atoms with Crippen LogP contribution in [-0.2, 0) is 28.8 Å². The van der Waals surface area contributed by atoms with Crippen LogP contribution in [0.15, 0.2) is 0 Å². The smallest absolute Gasteiger partial charge is 0.548 e. The quantitative estimate of drug-likeness (QED) is 0.317. The van der Waals surface area contributed by atoms with Crippen LogP contribution in [-0.4, -0.2) is 98.2 Å². The molecule has 0 aliphatic heterocycles. The largest absolute Gasteiger partial charge is 2.00 e. The molecule has 0 heterocycles. The molecule has 0 fully saturated rings. The van der Waals surface area contributed by atoms with Crippen molar-refractivity contribution in [3.63, 3.8) is 0 Å². The Morgan fingerprint density at radius 3 is 1.00 bits per heavy atom. The second-order valence-corrected chi connectivity index (χ2v) is 2.51. The Morgan fingerprint density at radius 1 is 0.737 bits per heavy atom. The number of imide groups is 2. The molecule has 11 heteroatoms. The van der Waals surface area contributed by atoms with Crippen molar-refractivity contribution in [3.05, 3.63) is 0 Å². The number of amides is 4. The number of carboxylic acids is 2. The first kappa shape index (κ1) is 22.6. The summed E-state index contributed by atoms with van der Waals surface area (Å²) >= 11 is 0. The summed E-state index contributed by atoms with van der Waals surface area (Å²) in [5.41, 5.74) is 0. The van der Waals surface area contributed by atoms with E-state index in [1.807, 2.05) is 0 Å². The molecule has 0 bridgehead atoms. The van der Waals surface area contributed by atoms with Crippen LogP contribution < -0.4 is 10.2 Å². The minimum atomic E-state index is -1.46. The van der Waals surface area contributed by atoms with Gasteiger partial charge in [-0.2, -0.15) is 0 Å². The monoisotopic (exact) mass is 300 g/mol. The summed E-state index contributed by atoms with van der Waals surface area (Å²) in [6.07, 6.45) is 0.456. The number of aliphatic carboxylic acids is 2. The summed E-state index contributed by atoms with van der Waals surface area (Å²) in [4.78, 5) is 58.9. The van der Waals surface area contributed by atoms with Gasteiger partial charge >= 0.3 is 37.7 Å². The maximum Gasteiger partial charge on any atom is 2.00 e. The Morgan fingerprint density at radius 2 is 0.947 bits per heavy atom. The predicted molar refractivity (Wildman–Crippen MR) is 53.4 cm³/mol. The fraction of sp³-hybridized carbons (Fsp3) is 0.250. The van der Waals surface area contributed by atoms with E-state index in [1.54, 1.807) is 0 Å². The molecule has 0 aliphatic rings. The first-order valence-corrected chi connectivity index (χ1v) is 4.13. The van der Waals surface area contributed by atoms with Crippen molar-refractivity contribution in [2.45, 2.75) is 0 Å². The average Bonchev–Trinajstić information content (AvgIpc) is 2.33. The molecule has 0 aromatic heterocycles. The van der Waals surface area contributed by atoms with Crippen LogP contribution in [0.1, 0.15) is 0 Å². The van der Waals surface area contributed by atoms with Crippen molar-refractivity contribution in [3.8, 4) is 0 Å². The maximum atomic E-state index is 9.68. The van der Waals surface area contributed by atoms with Crippen molar-refractivity contribution < 1.29 is 39.0 Å². The molecular weight excluding hydrogens is 292 g/mol. The van der Waals surface area contributed by atoms with E-state index >= 15 is 0 Å². The third-order valence-corrected chi connectivity index (χ3v) is 1.16. The van der Waals surface area contributed by atoms with Gasteiger partial charge in [0.2, 0.25) is 25.6 Å². The van der Waals surface area contributed by atoms with E-state index in [0.717, 1.165) is 0 Å². The van der Waals surface area contributed by atoms with Crippen molar-refractivity contribution in [1.29, 1.82) is 0 Å². The number of carboxylic acid groups (broad SMARTS) is 2. The van der Waals surface area contributed by atoms with Gasteiger partial charge in [-0.3, -0.25) is 29.0 Å². The van der Waals surface area contributed by atoms with Crippen LogP contribution in [0.5, 0.6) is 0 Å². The topological polar surface area (TPSA) is 155 Å². The van der Waals surface area contributed by atoms with E-state index in [9.17, 15) is 39.0 Å². The van der Waals surface area contributed by atoms with Crippen molar-refractivity contribution in [2.75, 3.05) is 13.1 Å². The number of rotatable bonds is 8. The van der Waals surface area contributed by atoms with Crippen LogP contribution in [0.2, 0.25) is 0 Å². The van der Waals surface area contributed by atoms with Gasteiger partial charge in [-0.15, -0.1) is 0 Å². The zero-order chi connectivity index (χ0) is 14.6. The molecule has 0 radical (unpaired) electrons. The van der Waals surface area contributed by atoms with Crippen molar-refractivity contribution >= 4 is 75.3 Å². The van der Waals surface area contributed by atoms with E-state index in [4.69, 9.17) is 0 Å². The molecule has 100 valence electrons. The van der Waals surface area contributed by atoms with Gasteiger partial charge in [-0.1, -0.05) is 0 Å². The summed E-state index contributed by atoms with van der Waals surface area (Å²) < 4.78 is 0. The standard InChI is InChI=1S/2C4H5NO4.Ca/c2*6-2-5(3-7)1-4(8)9;/h2*2-3H,1H2,(H,8,9);/q;;+2/p-2. The van der Waals surface area contributed by atoms with Crippen molar-refractivity contribution in [1.82, 2.24) is 9.80 Å². The summed E-state index contributed by atoms with van der Waals surface area (Å²) in [5, 5.41) is 19.3. The van der Waals surface area contributed by atoms with Gasteiger partial charge in [0, 0.05) is 0 Å². The third-order valence-electron chi connectivity index (χ3n) is 1.16. The Balaban J connectivity index is -0.000000256. The summed E-state index contributed by atoms with van der Waals surface area (Å²) in [5.74, 6) is -2.93. The Kier molecular flexibility index (Phi) is 17.3. The van der Waals surface area contributed by atoms with Gasteiger partial charge in [0.25, 0.3) is 0 Å². The molecule has 10 nitrogen and oxygen atoms in total. The number of hydrogen-bond donors (Lipinski definition) is 0. The van der Waals surface area contributed by atoms with Crippen LogP contribution in [0.4, 0.5) is 0 Å². The second kappa shape index (κ2) is 14.5. The Hall–Kier alpha value is -1.52. The Labute approximate surface area is 136 Å². The van der Waals surface area contributed by atoms with Gasteiger partial charge in [-0.25, -0.2) is 0 Å². The average molecular weight is 300 g/mol. The molecule has 0 N–H and O–H groups in total. The van der Waals surface area contributed by atoms with Crippen LogP contribution in [0, 0.1) is 0 Å². The molecular formula is C8H8CaN2O8. The first-order chi connectivity index (χ1) is 8.40. The maximum absolute atomic E-state index is 9.68. The van der Waals surface area contributed by atoms with E-state index < -0.39 is 25.0 Å². The minimum Gasteiger partial charge on any atom is -0.548 e. The number of nitrogens with zero attached hydrogens (tertiary/aromatic N) is 2. The molecule has 0 aromatic carbocycles. The molecule has 0 saturated heterocycles. The van der Waals surface area contributed by atoms with Gasteiger partial charge in [0.15, 0.2) is 0 Å². The zero-order valence-electron chi connectivity index (χ0n) is 9.59. The van der Waals surface area contributed by atoms with E-state index in [-0.39, 0.29) is 63.4 Å². The minimum absolute atomic E-state index is 0. The first-order valence-electron chi connectivity index (χ1n) is 4.13. The molecule has 19 heavy (non-hydrogen) atoms. The van der Waals surface area contributed by atoms with Crippen LogP contribution >= 0.6 is 0 Å². The predicted octanol–water partition coefficient (Wildman–Crippen LogP) is -5.68. The molecule has 0 atom stereocenters. The molecule has 0 rings (SSSR count). The molecule has 4 amide bonds. The fourth-order valence-corrected chi connectivity index (χ4v) is 0.497. The molecule has 0 spiro atoms. The normalized spacial score (nSPS) is 7.58. The van der Waals surface area contributed by atoms with Gasteiger partial charge in [-0.05, 0) is 0 Å². The second-order valence-electron chi connectivity index (χ2n) is 2.51. The van der Waals surface area contributed by atoms with Crippen molar-refractivity contribution in [2.24, 2.45) is 0 Å². The van der Waals surface area contributed by atoms with Gasteiger partial charge < -0.3 is 19.8 Å². The summed E-state index contributed by atoms with van der Waals surface area (Å²) in [6, 6.07) is 0. The van der Waals surface area contributed by atoms with E-state index in [1.165, 1.54) is 0 Å². The zero-order valence-corrected chi connectivity index (χ0v) is 11.8. The molecule has 0 aliphatic carbocycles. The third kappa shape index (κ3) is 16.5. The van der Waals surface area contributed by atoms with E-state index in [0.29, 0.717) is 9.80 Å². The SMILES string of the molecule is O=CN(C=O)CC(=O)[O-].O=CN(C=O)CC(=O)[O-].[Ca+2]. The fourth-order valence-electron chi connectivity index (χ4n) is 0.497. The Bertz CT molecular complexity index is 287. The van der Waals surface area contributed by atoms with Crippen LogP contribution in [0.3, 0.4) is 0 Å². The molecule has 0 unspecified atom stereocenters. The number of carbonyl (C=O) groups excluding carboxylic acids is 6. The summed E-state index contributed by atoms with van der Waals surface area (Å²) in [7, 11) is 0. The van der Waals surface area contributed by atoms with Gasteiger partial charge in [0.05, 0.1) is 25.0 Å². The van der Waals surface area contributed by atoms with Gasteiger partial charge in [0.1, 0.15) is 0 Å². The number of carbonyl (C=O) groups is 6. The summed E-state index contributed by atoms with van der Waals surface area (Å²) in [6.45, 7) is -1.38. The van der Waals surface area contributed by atoms with Crippen LogP contribution in [0.25, 0.3) is 0 Å². The molecule has 0 aromatic rings. The van der Waals surface area contributed by atoms with E-state index in [2.05, 4.69) is 0 Å².